The van der Waals surface area contributed by atoms with Gasteiger partial charge >= 0.3 is 0 Å². The summed E-state index contributed by atoms with van der Waals surface area (Å²) in [7, 11) is 0. The maximum atomic E-state index is 13.3. The minimum Gasteiger partial charge on any atom is -0.338 e. The third-order valence-corrected chi connectivity index (χ3v) is 8.12. The molecule has 2 heterocycles. The van der Waals surface area contributed by atoms with Gasteiger partial charge in [-0.3, -0.25) is 4.79 Å². The van der Waals surface area contributed by atoms with Gasteiger partial charge in [0.15, 0.2) is 0 Å². The molecule has 0 saturated carbocycles. The van der Waals surface area contributed by atoms with Gasteiger partial charge in [-0.25, -0.2) is 0 Å². The van der Waals surface area contributed by atoms with E-state index in [9.17, 15) is 4.79 Å². The Morgan fingerprint density at radius 3 is 2.03 bits per heavy atom. The van der Waals surface area contributed by atoms with Crippen molar-refractivity contribution in [1.82, 2.24) is 9.80 Å². The third-order valence-electron chi connectivity index (χ3n) is 7.40. The molecule has 0 aliphatic carbocycles. The number of hydrogen-bond donors (Lipinski definition) is 0. The molecule has 170 valence electrons. The first-order valence-corrected chi connectivity index (χ1v) is 13.1. The Morgan fingerprint density at radius 1 is 0.788 bits per heavy atom. The SMILES string of the molecule is O=C(c1ccc(I)cc1)N1CC(CN2CCC(c3ccccc3)CC2)C(c2ccccc2)C1. The third kappa shape index (κ3) is 5.33. The normalized spacial score (nSPS) is 21.9. The van der Waals surface area contributed by atoms with E-state index in [4.69, 9.17) is 0 Å². The molecule has 3 aromatic carbocycles. The largest absolute Gasteiger partial charge is 0.338 e. The molecule has 1 amide bonds. The van der Waals surface area contributed by atoms with Gasteiger partial charge in [0.25, 0.3) is 5.91 Å². The van der Waals surface area contributed by atoms with Crippen molar-refractivity contribution >= 4 is 28.5 Å². The summed E-state index contributed by atoms with van der Waals surface area (Å²) in [4.78, 5) is 18.0. The molecule has 4 heteroatoms. The first-order chi connectivity index (χ1) is 16.2. The summed E-state index contributed by atoms with van der Waals surface area (Å²) in [5.41, 5.74) is 3.64. The topological polar surface area (TPSA) is 23.6 Å². The van der Waals surface area contributed by atoms with Crippen molar-refractivity contribution in [1.29, 1.82) is 0 Å². The molecule has 5 rings (SSSR count). The van der Waals surface area contributed by atoms with Gasteiger partial charge in [0, 0.05) is 34.7 Å². The van der Waals surface area contributed by atoms with Gasteiger partial charge in [-0.05, 0) is 95.8 Å². The van der Waals surface area contributed by atoms with Gasteiger partial charge in [-0.1, -0.05) is 60.7 Å². The molecule has 0 radical (unpaired) electrons. The fourth-order valence-corrected chi connectivity index (χ4v) is 5.94. The van der Waals surface area contributed by atoms with Crippen LogP contribution in [0.1, 0.15) is 46.2 Å². The maximum absolute atomic E-state index is 13.3. The molecule has 2 unspecified atom stereocenters. The van der Waals surface area contributed by atoms with Crippen LogP contribution in [-0.2, 0) is 0 Å². The molecular weight excluding hydrogens is 519 g/mol. The highest BCUT2D eigenvalue weighted by Gasteiger charge is 2.37. The average Bonchev–Trinajstić information content (AvgIpc) is 3.29. The van der Waals surface area contributed by atoms with Crippen molar-refractivity contribution in [3.8, 4) is 0 Å². The monoisotopic (exact) mass is 550 g/mol. The number of hydrogen-bond acceptors (Lipinski definition) is 2. The van der Waals surface area contributed by atoms with Crippen LogP contribution in [0.5, 0.6) is 0 Å². The fraction of sp³-hybridized carbons (Fsp3) is 0.345. The van der Waals surface area contributed by atoms with Crippen LogP contribution in [0.2, 0.25) is 0 Å². The second-order valence-corrected chi connectivity index (χ2v) is 10.7. The van der Waals surface area contributed by atoms with E-state index in [-0.39, 0.29) is 5.91 Å². The Kier molecular flexibility index (Phi) is 7.12. The molecular formula is C29H31IN2O. The van der Waals surface area contributed by atoms with Crippen LogP contribution < -0.4 is 0 Å². The average molecular weight is 550 g/mol. The first kappa shape index (κ1) is 22.6. The number of piperidine rings is 1. The summed E-state index contributed by atoms with van der Waals surface area (Å²) in [6.07, 6.45) is 2.44. The van der Waals surface area contributed by atoms with Gasteiger partial charge in [0.2, 0.25) is 0 Å². The number of likely N-dealkylation sites (tertiary alicyclic amines) is 2. The number of benzene rings is 3. The van der Waals surface area contributed by atoms with Crippen LogP contribution in [0.4, 0.5) is 0 Å². The lowest BCUT2D eigenvalue weighted by atomic mass is 9.86. The predicted molar refractivity (Wildman–Crippen MR) is 143 cm³/mol. The van der Waals surface area contributed by atoms with Crippen LogP contribution in [0.15, 0.2) is 84.9 Å². The molecule has 2 aliphatic heterocycles. The summed E-state index contributed by atoms with van der Waals surface area (Å²) >= 11 is 2.29. The van der Waals surface area contributed by atoms with Gasteiger partial charge in [-0.15, -0.1) is 0 Å². The minimum atomic E-state index is 0.164. The highest BCUT2D eigenvalue weighted by atomic mass is 127. The highest BCUT2D eigenvalue weighted by molar-refractivity contribution is 14.1. The van der Waals surface area contributed by atoms with Crippen LogP contribution in [0.3, 0.4) is 0 Å². The van der Waals surface area contributed by atoms with Crippen LogP contribution in [0, 0.1) is 9.49 Å². The zero-order chi connectivity index (χ0) is 22.6. The summed E-state index contributed by atoms with van der Waals surface area (Å²) < 4.78 is 1.16. The molecule has 33 heavy (non-hydrogen) atoms. The van der Waals surface area contributed by atoms with Crippen LogP contribution in [-0.4, -0.2) is 48.4 Å². The van der Waals surface area contributed by atoms with Crippen LogP contribution in [0.25, 0.3) is 0 Å². The molecule has 3 nitrogen and oxygen atoms in total. The molecule has 3 aromatic rings. The molecule has 2 atom stereocenters. The lowest BCUT2D eigenvalue weighted by Gasteiger charge is -2.34. The molecule has 0 N–H and O–H groups in total. The molecule has 2 saturated heterocycles. The summed E-state index contributed by atoms with van der Waals surface area (Å²) in [6, 6.07) is 29.7. The van der Waals surface area contributed by atoms with Crippen molar-refractivity contribution in [3.05, 3.63) is 105 Å². The van der Waals surface area contributed by atoms with Gasteiger partial charge in [-0.2, -0.15) is 0 Å². The van der Waals surface area contributed by atoms with E-state index in [1.165, 1.54) is 24.0 Å². The second kappa shape index (κ2) is 10.4. The molecule has 0 spiro atoms. The second-order valence-electron chi connectivity index (χ2n) is 9.48. The van der Waals surface area contributed by atoms with E-state index in [2.05, 4.69) is 93.1 Å². The highest BCUT2D eigenvalue weighted by Crippen LogP contribution is 2.36. The standard InChI is InChI=1S/C29H31IN2O/c30-27-13-11-25(12-14-27)29(33)32-20-26(28(21-32)24-9-5-2-6-10-24)19-31-17-15-23(16-18-31)22-7-3-1-4-8-22/h1-14,23,26,28H,15-21H2. The summed E-state index contributed by atoms with van der Waals surface area (Å²) in [6.45, 7) is 4.99. The fourth-order valence-electron chi connectivity index (χ4n) is 5.58. The smallest absolute Gasteiger partial charge is 0.253 e. The predicted octanol–water partition coefficient (Wildman–Crippen LogP) is 6.03. The van der Waals surface area contributed by atoms with Crippen molar-refractivity contribution in [2.24, 2.45) is 5.92 Å². The lowest BCUT2D eigenvalue weighted by Crippen LogP contribution is -2.38. The van der Waals surface area contributed by atoms with Crippen LogP contribution >= 0.6 is 22.6 Å². The Bertz CT molecular complexity index is 1050. The van der Waals surface area contributed by atoms with E-state index in [0.29, 0.717) is 17.8 Å². The van der Waals surface area contributed by atoms with E-state index in [1.807, 2.05) is 24.3 Å². The minimum absolute atomic E-state index is 0.164. The Labute approximate surface area is 210 Å². The Morgan fingerprint density at radius 2 is 1.39 bits per heavy atom. The number of rotatable bonds is 5. The van der Waals surface area contributed by atoms with Gasteiger partial charge in [0.1, 0.15) is 0 Å². The number of amides is 1. The van der Waals surface area contributed by atoms with E-state index in [0.717, 1.165) is 41.9 Å². The lowest BCUT2D eigenvalue weighted by molar-refractivity contribution is 0.0781. The van der Waals surface area contributed by atoms with E-state index in [1.54, 1.807) is 0 Å². The van der Waals surface area contributed by atoms with Gasteiger partial charge in [0.05, 0.1) is 0 Å². The van der Waals surface area contributed by atoms with Crippen molar-refractivity contribution in [2.75, 3.05) is 32.7 Å². The van der Waals surface area contributed by atoms with E-state index < -0.39 is 0 Å². The number of nitrogens with zero attached hydrogens (tertiary/aromatic N) is 2. The first-order valence-electron chi connectivity index (χ1n) is 12.0. The van der Waals surface area contributed by atoms with E-state index >= 15 is 0 Å². The van der Waals surface area contributed by atoms with Gasteiger partial charge < -0.3 is 9.80 Å². The molecule has 2 fully saturated rings. The quantitative estimate of drug-likeness (QED) is 0.363. The number of halogens is 1. The Balaban J connectivity index is 1.27. The van der Waals surface area contributed by atoms with Crippen molar-refractivity contribution in [3.63, 3.8) is 0 Å². The van der Waals surface area contributed by atoms with Crippen molar-refractivity contribution < 1.29 is 4.79 Å². The number of carbonyl (C=O) groups excluding carboxylic acids is 1. The Hall–Kier alpha value is -2.18. The zero-order valence-electron chi connectivity index (χ0n) is 18.9. The molecule has 0 aromatic heterocycles. The summed E-state index contributed by atoms with van der Waals surface area (Å²) in [5, 5.41) is 0. The summed E-state index contributed by atoms with van der Waals surface area (Å²) in [5.74, 6) is 1.70. The zero-order valence-corrected chi connectivity index (χ0v) is 21.1. The van der Waals surface area contributed by atoms with Crippen molar-refractivity contribution in [2.45, 2.75) is 24.7 Å². The number of carbonyl (C=O) groups is 1. The molecule has 2 aliphatic rings. The maximum Gasteiger partial charge on any atom is 0.253 e. The molecule has 0 bridgehead atoms.